The van der Waals surface area contributed by atoms with Crippen LogP contribution < -0.4 is 5.73 Å². The molecule has 0 bridgehead atoms. The lowest BCUT2D eigenvalue weighted by Gasteiger charge is -2.41. The van der Waals surface area contributed by atoms with Gasteiger partial charge in [0.15, 0.2) is 0 Å². The van der Waals surface area contributed by atoms with E-state index in [0.717, 1.165) is 19.1 Å². The van der Waals surface area contributed by atoms with Crippen LogP contribution in [0.2, 0.25) is 0 Å². The normalized spacial score (nSPS) is 28.6. The van der Waals surface area contributed by atoms with E-state index in [-0.39, 0.29) is 0 Å². The maximum atomic E-state index is 6.18. The zero-order valence-electron chi connectivity index (χ0n) is 13.6. The van der Waals surface area contributed by atoms with E-state index in [1.54, 1.807) is 0 Å². The lowest BCUT2D eigenvalue weighted by atomic mass is 9.68. The van der Waals surface area contributed by atoms with Crippen LogP contribution in [-0.2, 0) is 4.74 Å². The highest BCUT2D eigenvalue weighted by atomic mass is 16.5. The number of hydrogen-bond donors (Lipinski definition) is 1. The quantitative estimate of drug-likeness (QED) is 0.696. The topological polar surface area (TPSA) is 35.2 Å². The van der Waals surface area contributed by atoms with Gasteiger partial charge in [0.05, 0.1) is 6.10 Å². The number of hydrogen-bond acceptors (Lipinski definition) is 2. The van der Waals surface area contributed by atoms with Crippen molar-refractivity contribution in [2.45, 2.75) is 78.7 Å². The average molecular weight is 269 g/mol. The number of unbranched alkanes of at least 4 members (excludes halogenated alkanes) is 3. The predicted octanol–water partition coefficient (Wildman–Crippen LogP) is 4.37. The van der Waals surface area contributed by atoms with Crippen molar-refractivity contribution in [3.8, 4) is 0 Å². The van der Waals surface area contributed by atoms with Gasteiger partial charge < -0.3 is 10.5 Å². The van der Waals surface area contributed by atoms with Crippen LogP contribution in [0.5, 0.6) is 0 Å². The monoisotopic (exact) mass is 269 g/mol. The lowest BCUT2D eigenvalue weighted by Crippen LogP contribution is -2.40. The summed E-state index contributed by atoms with van der Waals surface area (Å²) < 4.78 is 6.18. The van der Waals surface area contributed by atoms with Crippen LogP contribution >= 0.6 is 0 Å². The minimum atomic E-state index is 0.406. The lowest BCUT2D eigenvalue weighted by molar-refractivity contribution is -0.0416. The molecule has 2 nitrogen and oxygen atoms in total. The zero-order chi connectivity index (χ0) is 14.3. The van der Waals surface area contributed by atoms with Gasteiger partial charge in [-0.15, -0.1) is 0 Å². The van der Waals surface area contributed by atoms with E-state index in [1.807, 2.05) is 0 Å². The Morgan fingerprint density at radius 2 is 1.84 bits per heavy atom. The standard InChI is InChI=1S/C17H35NO/c1-5-6-7-8-11-19-16-12-15(17(2,3)4)10-9-14(16)13-18/h14-16H,5-13,18H2,1-4H3. The van der Waals surface area contributed by atoms with Gasteiger partial charge in [-0.1, -0.05) is 47.0 Å². The van der Waals surface area contributed by atoms with Gasteiger partial charge >= 0.3 is 0 Å². The van der Waals surface area contributed by atoms with Crippen molar-refractivity contribution in [3.05, 3.63) is 0 Å². The summed E-state index contributed by atoms with van der Waals surface area (Å²) in [7, 11) is 0. The third-order valence-corrected chi connectivity index (χ3v) is 4.79. The van der Waals surface area contributed by atoms with Gasteiger partial charge in [0, 0.05) is 6.61 Å². The number of ether oxygens (including phenoxy) is 1. The van der Waals surface area contributed by atoms with E-state index < -0.39 is 0 Å². The molecule has 0 spiro atoms. The van der Waals surface area contributed by atoms with Crippen LogP contribution in [0.4, 0.5) is 0 Å². The smallest absolute Gasteiger partial charge is 0.0618 e. The summed E-state index contributed by atoms with van der Waals surface area (Å²) in [5.74, 6) is 1.38. The second-order valence-corrected chi connectivity index (χ2v) is 7.34. The van der Waals surface area contributed by atoms with Crippen molar-refractivity contribution in [2.24, 2.45) is 23.0 Å². The molecule has 19 heavy (non-hydrogen) atoms. The highest BCUT2D eigenvalue weighted by Gasteiger charge is 2.35. The fourth-order valence-corrected chi connectivity index (χ4v) is 3.22. The molecule has 1 fully saturated rings. The van der Waals surface area contributed by atoms with E-state index >= 15 is 0 Å². The summed E-state index contributed by atoms with van der Waals surface area (Å²) >= 11 is 0. The molecule has 3 atom stereocenters. The largest absolute Gasteiger partial charge is 0.378 e. The van der Waals surface area contributed by atoms with Gasteiger partial charge in [0.2, 0.25) is 0 Å². The Morgan fingerprint density at radius 3 is 2.42 bits per heavy atom. The van der Waals surface area contributed by atoms with Gasteiger partial charge in [-0.3, -0.25) is 0 Å². The first-order chi connectivity index (χ1) is 8.99. The van der Waals surface area contributed by atoms with Crippen LogP contribution in [0.3, 0.4) is 0 Å². The van der Waals surface area contributed by atoms with Gasteiger partial charge in [0.1, 0.15) is 0 Å². The molecule has 1 aliphatic carbocycles. The van der Waals surface area contributed by atoms with Crippen LogP contribution in [0, 0.1) is 17.3 Å². The average Bonchev–Trinajstić information content (AvgIpc) is 2.37. The summed E-state index contributed by atoms with van der Waals surface area (Å²) in [6.07, 6.45) is 9.32. The van der Waals surface area contributed by atoms with Gasteiger partial charge in [0.25, 0.3) is 0 Å². The Balaban J connectivity index is 2.37. The van der Waals surface area contributed by atoms with Crippen LogP contribution in [0.15, 0.2) is 0 Å². The van der Waals surface area contributed by atoms with E-state index in [4.69, 9.17) is 10.5 Å². The van der Waals surface area contributed by atoms with Crippen molar-refractivity contribution < 1.29 is 4.74 Å². The molecule has 114 valence electrons. The predicted molar refractivity (Wildman–Crippen MR) is 83.2 cm³/mol. The molecule has 0 saturated heterocycles. The Morgan fingerprint density at radius 1 is 1.11 bits per heavy atom. The zero-order valence-corrected chi connectivity index (χ0v) is 13.6. The molecule has 1 rings (SSSR count). The summed E-state index contributed by atoms with van der Waals surface area (Å²) in [5, 5.41) is 0. The van der Waals surface area contributed by atoms with E-state index in [9.17, 15) is 0 Å². The summed E-state index contributed by atoms with van der Waals surface area (Å²) in [5.41, 5.74) is 6.33. The Bertz CT molecular complexity index is 234. The molecule has 1 aliphatic rings. The van der Waals surface area contributed by atoms with Crippen LogP contribution in [-0.4, -0.2) is 19.3 Å². The molecule has 0 radical (unpaired) electrons. The van der Waals surface area contributed by atoms with E-state index in [0.29, 0.717) is 17.4 Å². The fourth-order valence-electron chi connectivity index (χ4n) is 3.22. The molecule has 0 aromatic heterocycles. The Labute approximate surface area is 120 Å². The molecule has 3 unspecified atom stereocenters. The molecule has 1 saturated carbocycles. The second kappa shape index (κ2) is 8.26. The third kappa shape index (κ3) is 5.83. The van der Waals surface area contributed by atoms with E-state index in [1.165, 1.54) is 44.9 Å². The first kappa shape index (κ1) is 17.0. The molecule has 0 aliphatic heterocycles. The first-order valence-corrected chi connectivity index (χ1v) is 8.30. The molecule has 0 aromatic rings. The summed E-state index contributed by atoms with van der Waals surface area (Å²) in [6, 6.07) is 0. The SMILES string of the molecule is CCCCCCOC1CC(C(C)(C)C)CCC1CN. The van der Waals surface area contributed by atoms with E-state index in [2.05, 4.69) is 27.7 Å². The van der Waals surface area contributed by atoms with Crippen molar-refractivity contribution in [1.82, 2.24) is 0 Å². The van der Waals surface area contributed by atoms with Crippen molar-refractivity contribution in [3.63, 3.8) is 0 Å². The first-order valence-electron chi connectivity index (χ1n) is 8.30. The Hall–Kier alpha value is -0.0800. The van der Waals surface area contributed by atoms with Crippen LogP contribution in [0.25, 0.3) is 0 Å². The van der Waals surface area contributed by atoms with Crippen molar-refractivity contribution in [2.75, 3.05) is 13.2 Å². The molecule has 2 N–H and O–H groups in total. The van der Waals surface area contributed by atoms with Gasteiger partial charge in [-0.2, -0.15) is 0 Å². The minimum absolute atomic E-state index is 0.406. The third-order valence-electron chi connectivity index (χ3n) is 4.79. The summed E-state index contributed by atoms with van der Waals surface area (Å²) in [6.45, 7) is 11.0. The molecule has 2 heteroatoms. The minimum Gasteiger partial charge on any atom is -0.378 e. The maximum Gasteiger partial charge on any atom is 0.0618 e. The highest BCUT2D eigenvalue weighted by Crippen LogP contribution is 2.40. The highest BCUT2D eigenvalue weighted by molar-refractivity contribution is 4.86. The maximum absolute atomic E-state index is 6.18. The number of rotatable bonds is 7. The van der Waals surface area contributed by atoms with Crippen molar-refractivity contribution in [1.29, 1.82) is 0 Å². The van der Waals surface area contributed by atoms with Crippen LogP contribution in [0.1, 0.15) is 72.6 Å². The fraction of sp³-hybridized carbons (Fsp3) is 1.00. The Kier molecular flexibility index (Phi) is 7.38. The molecule has 0 aromatic carbocycles. The van der Waals surface area contributed by atoms with Crippen molar-refractivity contribution >= 4 is 0 Å². The van der Waals surface area contributed by atoms with Gasteiger partial charge in [-0.05, 0) is 49.5 Å². The van der Waals surface area contributed by atoms with Gasteiger partial charge in [-0.25, -0.2) is 0 Å². The second-order valence-electron chi connectivity index (χ2n) is 7.34. The number of nitrogens with two attached hydrogens (primary N) is 1. The summed E-state index contributed by atoms with van der Waals surface area (Å²) in [4.78, 5) is 0. The molecule has 0 amide bonds. The molecular weight excluding hydrogens is 234 g/mol. The molecule has 0 heterocycles. The molecular formula is C17H35NO.